The Labute approximate surface area is 149 Å². The van der Waals surface area contributed by atoms with Gasteiger partial charge < -0.3 is 14.4 Å². The molecule has 1 aliphatic heterocycles. The number of benzene rings is 1. The molecule has 6 nitrogen and oxygen atoms in total. The monoisotopic (exact) mass is 345 g/mol. The Morgan fingerprint density at radius 3 is 2.40 bits per heavy atom. The maximum absolute atomic E-state index is 12.0. The minimum Gasteiger partial charge on any atom is -0.392 e. The zero-order chi connectivity index (χ0) is 18.6. The van der Waals surface area contributed by atoms with E-state index in [0.29, 0.717) is 19.1 Å². The van der Waals surface area contributed by atoms with Crippen LogP contribution in [0.3, 0.4) is 0 Å². The lowest BCUT2D eigenvalue weighted by molar-refractivity contribution is 0.0792. The lowest BCUT2D eigenvalue weighted by Crippen LogP contribution is -2.42. The highest BCUT2D eigenvalue weighted by Gasteiger charge is 2.44. The van der Waals surface area contributed by atoms with E-state index in [1.165, 1.54) is 10.5 Å². The summed E-state index contributed by atoms with van der Waals surface area (Å²) < 4.78 is 11.3. The van der Waals surface area contributed by atoms with E-state index in [2.05, 4.69) is 24.1 Å². The topological polar surface area (TPSA) is 63.5 Å². The summed E-state index contributed by atoms with van der Waals surface area (Å²) in [7, 11) is 3.26. The predicted octanol–water partition coefficient (Wildman–Crippen LogP) is 3.49. The van der Waals surface area contributed by atoms with Crippen LogP contribution in [0.2, 0.25) is 0 Å². The largest absolute Gasteiger partial charge is 0.415 e. The maximum atomic E-state index is 12.0. The van der Waals surface area contributed by atoms with Crippen molar-refractivity contribution in [3.63, 3.8) is 0 Å². The third-order valence-corrected chi connectivity index (χ3v) is 3.95. The molecule has 0 aromatic heterocycles. The van der Waals surface area contributed by atoms with Crippen molar-refractivity contribution in [3.8, 4) is 0 Å². The lowest BCUT2D eigenvalue weighted by Gasteiger charge is -2.27. The molecule has 2 rings (SSSR count). The molecule has 1 aliphatic rings. The SMILES string of the molecule is Cc1ccc(C2=NN=C(OC(=O)N(C)C)C2(C)COCC(C)C)cc1. The Balaban J connectivity index is 2.27. The van der Waals surface area contributed by atoms with Crippen LogP contribution in [-0.4, -0.2) is 49.9 Å². The number of carbonyl (C=O) groups is 1. The molecule has 6 heteroatoms. The van der Waals surface area contributed by atoms with E-state index in [1.807, 2.05) is 38.1 Å². The summed E-state index contributed by atoms with van der Waals surface area (Å²) in [6.45, 7) is 9.12. The molecule has 0 bridgehead atoms. The number of rotatable bonds is 5. The molecular formula is C19H27N3O3. The smallest absolute Gasteiger partial charge is 0.392 e. The highest BCUT2D eigenvalue weighted by Crippen LogP contribution is 2.32. The highest BCUT2D eigenvalue weighted by molar-refractivity contribution is 6.20. The van der Waals surface area contributed by atoms with Crippen LogP contribution in [0.5, 0.6) is 0 Å². The first-order valence-electron chi connectivity index (χ1n) is 8.44. The molecule has 0 fully saturated rings. The van der Waals surface area contributed by atoms with Crippen LogP contribution in [0.1, 0.15) is 31.9 Å². The van der Waals surface area contributed by atoms with Crippen LogP contribution >= 0.6 is 0 Å². The second kappa shape index (κ2) is 7.78. The summed E-state index contributed by atoms with van der Waals surface area (Å²) in [5, 5.41) is 8.45. The fourth-order valence-corrected chi connectivity index (χ4v) is 2.44. The van der Waals surface area contributed by atoms with E-state index >= 15 is 0 Å². The van der Waals surface area contributed by atoms with Crippen LogP contribution in [0.4, 0.5) is 4.79 Å². The van der Waals surface area contributed by atoms with Crippen molar-refractivity contribution in [3.05, 3.63) is 35.4 Å². The zero-order valence-electron chi connectivity index (χ0n) is 15.9. The van der Waals surface area contributed by atoms with Crippen molar-refractivity contribution in [1.29, 1.82) is 0 Å². The van der Waals surface area contributed by atoms with Gasteiger partial charge in [0, 0.05) is 20.7 Å². The summed E-state index contributed by atoms with van der Waals surface area (Å²) >= 11 is 0. The molecule has 0 saturated carbocycles. The molecule has 1 aromatic rings. The van der Waals surface area contributed by atoms with Crippen LogP contribution in [-0.2, 0) is 9.47 Å². The van der Waals surface area contributed by atoms with Crippen molar-refractivity contribution < 1.29 is 14.3 Å². The Morgan fingerprint density at radius 2 is 1.84 bits per heavy atom. The molecule has 1 atom stereocenters. The Bertz CT molecular complexity index is 678. The van der Waals surface area contributed by atoms with Gasteiger partial charge in [0.15, 0.2) is 0 Å². The van der Waals surface area contributed by atoms with Crippen molar-refractivity contribution in [2.45, 2.75) is 27.7 Å². The van der Waals surface area contributed by atoms with Gasteiger partial charge in [-0.15, -0.1) is 5.10 Å². The highest BCUT2D eigenvalue weighted by atomic mass is 16.6. The molecule has 1 unspecified atom stereocenters. The first kappa shape index (κ1) is 19.1. The van der Waals surface area contributed by atoms with E-state index in [9.17, 15) is 4.79 Å². The summed E-state index contributed by atoms with van der Waals surface area (Å²) in [4.78, 5) is 13.4. The first-order valence-corrected chi connectivity index (χ1v) is 8.44. The van der Waals surface area contributed by atoms with Crippen molar-refractivity contribution in [2.24, 2.45) is 21.5 Å². The molecule has 1 heterocycles. The van der Waals surface area contributed by atoms with Crippen molar-refractivity contribution in [2.75, 3.05) is 27.3 Å². The van der Waals surface area contributed by atoms with Gasteiger partial charge in [-0.2, -0.15) is 5.10 Å². The minimum atomic E-state index is -0.712. The first-order chi connectivity index (χ1) is 11.7. The number of hydrogen-bond acceptors (Lipinski definition) is 5. The number of carbonyl (C=O) groups excluding carboxylic acids is 1. The molecule has 136 valence electrons. The van der Waals surface area contributed by atoms with E-state index in [4.69, 9.17) is 9.47 Å². The maximum Gasteiger partial charge on any atom is 0.415 e. The second-order valence-electron chi connectivity index (χ2n) is 7.22. The van der Waals surface area contributed by atoms with Gasteiger partial charge in [0.25, 0.3) is 0 Å². The zero-order valence-corrected chi connectivity index (χ0v) is 15.9. The lowest BCUT2D eigenvalue weighted by atomic mass is 9.82. The molecule has 0 radical (unpaired) electrons. The van der Waals surface area contributed by atoms with Gasteiger partial charge in [0.1, 0.15) is 5.41 Å². The third kappa shape index (κ3) is 4.45. The average Bonchev–Trinajstić information content (AvgIpc) is 2.84. The number of nitrogens with zero attached hydrogens (tertiary/aromatic N) is 3. The Kier molecular flexibility index (Phi) is 5.95. The standard InChI is InChI=1S/C19H27N3O3/c1-13(2)11-24-12-19(4)16(15-9-7-14(3)8-10-15)20-21-17(19)25-18(23)22(5)6/h7-10,13H,11-12H2,1-6H3. The number of amides is 1. The Hall–Kier alpha value is -2.21. The molecule has 0 spiro atoms. The number of hydrogen-bond donors (Lipinski definition) is 0. The van der Waals surface area contributed by atoms with Crippen molar-refractivity contribution in [1.82, 2.24) is 4.90 Å². The molecular weight excluding hydrogens is 318 g/mol. The van der Waals surface area contributed by atoms with E-state index in [1.54, 1.807) is 14.1 Å². The van der Waals surface area contributed by atoms with E-state index in [-0.39, 0.29) is 5.90 Å². The van der Waals surface area contributed by atoms with Crippen LogP contribution in [0.25, 0.3) is 0 Å². The molecule has 0 saturated heterocycles. The minimum absolute atomic E-state index is 0.269. The van der Waals surface area contributed by atoms with Gasteiger partial charge in [-0.1, -0.05) is 43.7 Å². The third-order valence-electron chi connectivity index (χ3n) is 3.95. The summed E-state index contributed by atoms with van der Waals surface area (Å²) in [5.41, 5.74) is 2.15. The molecule has 0 aliphatic carbocycles. The van der Waals surface area contributed by atoms with Gasteiger partial charge in [-0.25, -0.2) is 4.79 Å². The molecule has 25 heavy (non-hydrogen) atoms. The molecule has 0 N–H and O–H groups in total. The average molecular weight is 345 g/mol. The van der Waals surface area contributed by atoms with Crippen molar-refractivity contribution >= 4 is 17.7 Å². The predicted molar refractivity (Wildman–Crippen MR) is 99.1 cm³/mol. The Morgan fingerprint density at radius 1 is 1.20 bits per heavy atom. The van der Waals surface area contributed by atoms with Crippen LogP contribution in [0.15, 0.2) is 34.5 Å². The molecule has 1 amide bonds. The second-order valence-corrected chi connectivity index (χ2v) is 7.22. The van der Waals surface area contributed by atoms with Gasteiger partial charge in [-0.05, 0) is 25.3 Å². The quantitative estimate of drug-likeness (QED) is 0.820. The van der Waals surface area contributed by atoms with Gasteiger partial charge in [-0.3, -0.25) is 0 Å². The summed E-state index contributed by atoms with van der Waals surface area (Å²) in [6.07, 6.45) is -0.478. The van der Waals surface area contributed by atoms with Gasteiger partial charge >= 0.3 is 6.09 Å². The molecule has 1 aromatic carbocycles. The number of aryl methyl sites for hydroxylation is 1. The van der Waals surface area contributed by atoms with E-state index in [0.717, 1.165) is 11.3 Å². The fourth-order valence-electron chi connectivity index (χ4n) is 2.44. The summed E-state index contributed by atoms with van der Waals surface area (Å²) in [5.74, 6) is 0.681. The van der Waals surface area contributed by atoms with Gasteiger partial charge in [0.05, 0.1) is 12.3 Å². The van der Waals surface area contributed by atoms with Crippen LogP contribution in [0, 0.1) is 18.3 Å². The fraction of sp³-hybridized carbons (Fsp3) is 0.526. The number of ether oxygens (including phenoxy) is 2. The normalized spacial score (nSPS) is 19.6. The van der Waals surface area contributed by atoms with E-state index < -0.39 is 11.5 Å². The van der Waals surface area contributed by atoms with Gasteiger partial charge in [0.2, 0.25) is 5.90 Å². The van der Waals surface area contributed by atoms with Crippen LogP contribution < -0.4 is 0 Å². The summed E-state index contributed by atoms with van der Waals surface area (Å²) in [6, 6.07) is 8.05.